The Morgan fingerprint density at radius 1 is 0.716 bits per heavy atom. The van der Waals surface area contributed by atoms with E-state index in [1.807, 2.05) is 37.3 Å². The molecule has 3 aromatic carbocycles. The summed E-state index contributed by atoms with van der Waals surface area (Å²) in [6, 6.07) is 15.0. The van der Waals surface area contributed by atoms with Gasteiger partial charge in [-0.2, -0.15) is 11.8 Å². The van der Waals surface area contributed by atoms with E-state index in [0.717, 1.165) is 24.5 Å². The van der Waals surface area contributed by atoms with Crippen LogP contribution in [0.15, 0.2) is 64.2 Å². The van der Waals surface area contributed by atoms with Gasteiger partial charge in [-0.3, -0.25) is 28.8 Å². The lowest BCUT2D eigenvalue weighted by atomic mass is 9.88. The number of benzene rings is 2. The fourth-order valence-electron chi connectivity index (χ4n) is 7.99. The van der Waals surface area contributed by atoms with Gasteiger partial charge in [0.2, 0.25) is 28.6 Å². The second-order valence-electron chi connectivity index (χ2n) is 17.6. The molecule has 0 bridgehead atoms. The summed E-state index contributed by atoms with van der Waals surface area (Å²) in [5.74, 6) is -4.44. The molecule has 6 atom stereocenters. The van der Waals surface area contributed by atoms with Gasteiger partial charge in [0.05, 0.1) is 64.5 Å². The number of aliphatic hydroxyl groups is 3. The van der Waals surface area contributed by atoms with Gasteiger partial charge in [-0.15, -0.1) is 0 Å². The zero-order valence-corrected chi connectivity index (χ0v) is 43.2. The third kappa shape index (κ3) is 20.9. The Labute approximate surface area is 435 Å². The summed E-state index contributed by atoms with van der Waals surface area (Å²) < 4.78 is 33.6. The summed E-state index contributed by atoms with van der Waals surface area (Å²) in [6.45, 7) is 6.13. The van der Waals surface area contributed by atoms with Gasteiger partial charge in [0.15, 0.2) is 0 Å². The summed E-state index contributed by atoms with van der Waals surface area (Å²) in [5, 5.41) is 54.0. The maximum atomic E-state index is 12.9. The van der Waals surface area contributed by atoms with E-state index in [-0.39, 0.29) is 37.0 Å². The average Bonchev–Trinajstić information content (AvgIpc) is 3.39. The number of carbonyl (C=O) groups excluding carboxylic acids is 4. The van der Waals surface area contributed by atoms with Crippen LogP contribution in [0.5, 0.6) is 0 Å². The molecular formula is C52H74N4O17S. The number of ether oxygens (including phenoxy) is 6. The van der Waals surface area contributed by atoms with E-state index in [2.05, 4.69) is 21.3 Å². The second kappa shape index (κ2) is 33.7. The molecule has 1 fully saturated rings. The van der Waals surface area contributed by atoms with Crippen molar-refractivity contribution in [2.24, 2.45) is 0 Å². The van der Waals surface area contributed by atoms with E-state index >= 15 is 0 Å². The highest BCUT2D eigenvalue weighted by Crippen LogP contribution is 2.34. The van der Waals surface area contributed by atoms with Crippen LogP contribution in [-0.2, 0) is 60.4 Å². The Balaban J connectivity index is 1.03. The lowest BCUT2D eigenvalue weighted by Crippen LogP contribution is -2.68. The fourth-order valence-corrected chi connectivity index (χ4v) is 8.84. The Morgan fingerprint density at radius 2 is 1.27 bits per heavy atom. The van der Waals surface area contributed by atoms with Crippen LogP contribution in [0.25, 0.3) is 11.1 Å². The molecule has 410 valence electrons. The Morgan fingerprint density at radius 3 is 1.82 bits per heavy atom. The summed E-state index contributed by atoms with van der Waals surface area (Å²) >= 11 is 1.43. The lowest BCUT2D eigenvalue weighted by molar-refractivity contribution is -0.310. The number of carboxylic acid groups (broad SMARTS) is 1. The highest BCUT2D eigenvalue weighted by Gasteiger charge is 2.55. The zero-order chi connectivity index (χ0) is 53.7. The van der Waals surface area contributed by atoms with Gasteiger partial charge in [-0.25, -0.2) is 4.79 Å². The van der Waals surface area contributed by atoms with E-state index in [1.54, 1.807) is 24.3 Å². The van der Waals surface area contributed by atoms with Crippen LogP contribution in [-0.4, -0.2) is 177 Å². The third-order valence-electron chi connectivity index (χ3n) is 11.9. The molecule has 0 aliphatic carbocycles. The van der Waals surface area contributed by atoms with Crippen LogP contribution >= 0.6 is 11.8 Å². The number of nitrogens with one attached hydrogen (secondary N) is 4. The van der Waals surface area contributed by atoms with Crippen LogP contribution in [0.3, 0.4) is 0 Å². The van der Waals surface area contributed by atoms with Crippen molar-refractivity contribution in [3.05, 3.63) is 91.7 Å². The summed E-state index contributed by atoms with van der Waals surface area (Å²) in [5.41, 5.74) is 2.38. The number of carbonyl (C=O) groups is 5. The smallest absolute Gasteiger partial charge is 0.364 e. The minimum atomic E-state index is -2.45. The van der Waals surface area contributed by atoms with Gasteiger partial charge >= 0.3 is 5.97 Å². The van der Waals surface area contributed by atoms with E-state index < -0.39 is 77.9 Å². The molecule has 8 N–H and O–H groups in total. The van der Waals surface area contributed by atoms with Gasteiger partial charge in [0.1, 0.15) is 12.2 Å². The summed E-state index contributed by atoms with van der Waals surface area (Å²) in [7, 11) is 0. The van der Waals surface area contributed by atoms with Crippen LogP contribution in [0.1, 0.15) is 80.3 Å². The highest BCUT2D eigenvalue weighted by atomic mass is 32.2. The van der Waals surface area contributed by atoms with Crippen molar-refractivity contribution >= 4 is 41.4 Å². The molecule has 0 radical (unpaired) electrons. The highest BCUT2D eigenvalue weighted by molar-refractivity contribution is 7.99. The third-order valence-corrected chi connectivity index (χ3v) is 12.9. The quantitative estimate of drug-likeness (QED) is 0.0294. The number of hydrogen-bond donors (Lipinski definition) is 8. The first-order chi connectivity index (χ1) is 35.7. The average molecular weight is 1060 g/mol. The van der Waals surface area contributed by atoms with Crippen LogP contribution < -0.4 is 32.1 Å². The number of amides is 4. The SMILES string of the molecule is CCCC(=O)NCCOCCOCCCc1c(CCCOCCOCCNC(=O)CCSCCCO[C@]2(C(=O)O)C[C@H](O)[C@@H](NC(C)=O)[C@H]([C@H](O)[C@H](O)CNC(=O)c3ccc(-c4ccccc4)cc3)O2)c(=O)c1=O. The van der Waals surface area contributed by atoms with Crippen LogP contribution in [0, 0.1) is 0 Å². The molecule has 4 rings (SSSR count). The lowest BCUT2D eigenvalue weighted by Gasteiger charge is -2.46. The largest absolute Gasteiger partial charge is 0.477 e. The second-order valence-corrected chi connectivity index (χ2v) is 18.9. The van der Waals surface area contributed by atoms with E-state index in [9.17, 15) is 54.0 Å². The van der Waals surface area contributed by atoms with E-state index in [4.69, 9.17) is 28.4 Å². The number of hydrogen-bond acceptors (Lipinski definition) is 17. The molecule has 1 saturated heterocycles. The monoisotopic (exact) mass is 1060 g/mol. The fraction of sp³-hybridized carbons (Fsp3) is 0.596. The molecule has 0 unspecified atom stereocenters. The maximum Gasteiger partial charge on any atom is 0.364 e. The maximum absolute atomic E-state index is 12.9. The van der Waals surface area contributed by atoms with E-state index in [1.165, 1.54) is 11.8 Å². The molecule has 22 heteroatoms. The number of rotatable bonds is 38. The Kier molecular flexibility index (Phi) is 28.0. The van der Waals surface area contributed by atoms with Crippen LogP contribution in [0.2, 0.25) is 0 Å². The Bertz CT molecular complexity index is 2250. The minimum Gasteiger partial charge on any atom is -0.477 e. The standard InChI is InChI=1S/C52H74N4O17S/c1-3-10-43(60)53-20-25-70-29-27-68-22-7-13-39-40(47(63)46(39)62)14-8-23-69-28-30-71-26-21-54-44(61)19-32-74-31-9-24-72-52(51(66)67)33-41(58)45(56-35(2)57)49(73-52)48(64)42(59)34-55-50(65)38-17-15-37(16-18-38)36-11-5-4-6-12-36/h4-6,11-12,15-18,41-42,45,48-49,58-59,64H,3,7-10,13-14,19-34H2,1-2H3,(H,53,60)(H,54,61)(H,55,65)(H,56,57)(H,66,67)/t41-,42+,45+,48+,49+,52+/m0/s1. The van der Waals surface area contributed by atoms with Gasteiger partial charge in [-0.1, -0.05) is 49.4 Å². The molecular weight excluding hydrogens is 985 g/mol. The van der Waals surface area contributed by atoms with E-state index in [0.29, 0.717) is 120 Å². The first kappa shape index (κ1) is 61.4. The first-order valence-electron chi connectivity index (χ1n) is 25.2. The van der Waals surface area contributed by atoms with Crippen molar-refractivity contribution in [2.75, 3.05) is 90.6 Å². The normalized spacial score (nSPS) is 18.4. The molecule has 4 amide bonds. The molecule has 0 aromatic heterocycles. The number of aliphatic hydroxyl groups excluding tert-OH is 3. The molecule has 0 saturated carbocycles. The molecule has 1 aliphatic rings. The van der Waals surface area contributed by atoms with Crippen molar-refractivity contribution in [1.29, 1.82) is 0 Å². The molecule has 3 aromatic rings. The number of thioether (sulfide) groups is 1. The van der Waals surface area contributed by atoms with Gasteiger partial charge < -0.3 is 70.1 Å². The van der Waals surface area contributed by atoms with Crippen molar-refractivity contribution in [3.63, 3.8) is 0 Å². The number of carboxylic acids is 1. The predicted molar refractivity (Wildman–Crippen MR) is 274 cm³/mol. The number of aliphatic carboxylic acids is 1. The van der Waals surface area contributed by atoms with Gasteiger partial charge in [0.25, 0.3) is 11.7 Å². The molecule has 21 nitrogen and oxygen atoms in total. The Hall–Kier alpha value is -5.14. The first-order valence-corrected chi connectivity index (χ1v) is 26.4. The summed E-state index contributed by atoms with van der Waals surface area (Å²) in [4.78, 5) is 85.6. The predicted octanol–water partition coefficient (Wildman–Crippen LogP) is 1.03. The van der Waals surface area contributed by atoms with Crippen molar-refractivity contribution in [1.82, 2.24) is 21.3 Å². The molecule has 0 spiro atoms. The topological polar surface area (TPSA) is 304 Å². The van der Waals surface area contributed by atoms with Gasteiger partial charge in [0, 0.05) is 81.5 Å². The molecule has 1 heterocycles. The molecule has 74 heavy (non-hydrogen) atoms. The van der Waals surface area contributed by atoms with Crippen molar-refractivity contribution in [3.8, 4) is 11.1 Å². The van der Waals surface area contributed by atoms with Gasteiger partial charge in [-0.05, 0) is 67.5 Å². The van der Waals surface area contributed by atoms with Crippen LogP contribution in [0.4, 0.5) is 0 Å². The van der Waals surface area contributed by atoms with Crippen molar-refractivity contribution < 1.29 is 72.8 Å². The zero-order valence-electron chi connectivity index (χ0n) is 42.4. The minimum absolute atomic E-state index is 0.00732. The summed E-state index contributed by atoms with van der Waals surface area (Å²) in [6.07, 6.45) is -3.53. The van der Waals surface area contributed by atoms with Crippen molar-refractivity contribution in [2.45, 2.75) is 108 Å². The molecule has 1 aliphatic heterocycles.